The minimum atomic E-state index is -0.245. The van der Waals surface area contributed by atoms with Gasteiger partial charge in [0, 0.05) is 6.61 Å². The summed E-state index contributed by atoms with van der Waals surface area (Å²) < 4.78 is 5.64. The molecule has 3 unspecified atom stereocenters. The third-order valence-electron chi connectivity index (χ3n) is 4.43. The molecule has 0 radical (unpaired) electrons. The average Bonchev–Trinajstić information content (AvgIpc) is 3.00. The topological polar surface area (TPSA) is 29.5 Å². The molecule has 1 aliphatic carbocycles. The predicted molar refractivity (Wildman–Crippen MR) is 71.4 cm³/mol. The van der Waals surface area contributed by atoms with E-state index in [1.54, 1.807) is 0 Å². The maximum absolute atomic E-state index is 10.3. The van der Waals surface area contributed by atoms with Gasteiger partial charge in [0.15, 0.2) is 0 Å². The molecule has 1 aromatic carbocycles. The van der Waals surface area contributed by atoms with Gasteiger partial charge in [0.05, 0.1) is 12.2 Å². The van der Waals surface area contributed by atoms with Crippen LogP contribution in [0, 0.1) is 5.92 Å². The first-order valence-electron chi connectivity index (χ1n) is 7.22. The number of fused-ring (bicyclic) bond motifs is 1. The molecule has 0 saturated carbocycles. The van der Waals surface area contributed by atoms with Gasteiger partial charge < -0.3 is 9.84 Å². The molecule has 0 bridgehead atoms. The third kappa shape index (κ3) is 2.45. The van der Waals surface area contributed by atoms with Crippen molar-refractivity contribution in [2.45, 2.75) is 50.7 Å². The van der Waals surface area contributed by atoms with E-state index in [1.807, 2.05) is 6.07 Å². The van der Waals surface area contributed by atoms with Crippen LogP contribution in [-0.2, 0) is 11.2 Å². The fourth-order valence-corrected chi connectivity index (χ4v) is 3.40. The lowest BCUT2D eigenvalue weighted by Crippen LogP contribution is -2.10. The second kappa shape index (κ2) is 5.41. The van der Waals surface area contributed by atoms with Crippen molar-refractivity contribution >= 4 is 0 Å². The molecule has 2 aliphatic rings. The molecular weight excluding hydrogens is 224 g/mol. The lowest BCUT2D eigenvalue weighted by molar-refractivity contribution is 0.0901. The van der Waals surface area contributed by atoms with Gasteiger partial charge in [-0.05, 0) is 49.1 Å². The molecule has 0 aromatic heterocycles. The Morgan fingerprint density at radius 2 is 2.11 bits per heavy atom. The first-order chi connectivity index (χ1) is 8.84. The summed E-state index contributed by atoms with van der Waals surface area (Å²) in [6.45, 7) is 0.947. The molecule has 3 atom stereocenters. The van der Waals surface area contributed by atoms with Gasteiger partial charge in [0.1, 0.15) is 0 Å². The van der Waals surface area contributed by atoms with Crippen LogP contribution >= 0.6 is 0 Å². The molecular formula is C16H22O2. The SMILES string of the molecule is OC1c2ccccc2CC1CCCC1CCCO1. The Labute approximate surface area is 109 Å². The summed E-state index contributed by atoms with van der Waals surface area (Å²) in [5, 5.41) is 10.3. The Balaban J connectivity index is 1.50. The fraction of sp³-hybridized carbons (Fsp3) is 0.625. The van der Waals surface area contributed by atoms with Gasteiger partial charge >= 0.3 is 0 Å². The Morgan fingerprint density at radius 1 is 1.22 bits per heavy atom. The molecule has 2 nitrogen and oxygen atoms in total. The summed E-state index contributed by atoms with van der Waals surface area (Å²) in [6, 6.07) is 8.32. The quantitative estimate of drug-likeness (QED) is 0.883. The minimum Gasteiger partial charge on any atom is -0.388 e. The van der Waals surface area contributed by atoms with E-state index in [-0.39, 0.29) is 6.10 Å². The summed E-state index contributed by atoms with van der Waals surface area (Å²) in [6.07, 6.45) is 7.21. The van der Waals surface area contributed by atoms with Crippen LogP contribution in [0.15, 0.2) is 24.3 Å². The zero-order valence-electron chi connectivity index (χ0n) is 10.8. The summed E-state index contributed by atoms with van der Waals surface area (Å²) in [5.41, 5.74) is 2.49. The summed E-state index contributed by atoms with van der Waals surface area (Å²) in [7, 11) is 0. The number of aliphatic hydroxyl groups excluding tert-OH is 1. The maximum atomic E-state index is 10.3. The molecule has 1 saturated heterocycles. The Hall–Kier alpha value is -0.860. The van der Waals surface area contributed by atoms with Crippen molar-refractivity contribution in [3.63, 3.8) is 0 Å². The van der Waals surface area contributed by atoms with Gasteiger partial charge in [-0.1, -0.05) is 30.7 Å². The van der Waals surface area contributed by atoms with Crippen molar-refractivity contribution in [1.29, 1.82) is 0 Å². The minimum absolute atomic E-state index is 0.245. The molecule has 98 valence electrons. The van der Waals surface area contributed by atoms with Crippen LogP contribution in [0.5, 0.6) is 0 Å². The van der Waals surface area contributed by atoms with Crippen LogP contribution in [-0.4, -0.2) is 17.8 Å². The summed E-state index contributed by atoms with van der Waals surface area (Å²) in [4.78, 5) is 0. The van der Waals surface area contributed by atoms with E-state index in [9.17, 15) is 5.11 Å². The Bertz CT molecular complexity index is 396. The monoisotopic (exact) mass is 246 g/mol. The molecule has 1 heterocycles. The van der Waals surface area contributed by atoms with E-state index in [4.69, 9.17) is 4.74 Å². The van der Waals surface area contributed by atoms with Crippen molar-refractivity contribution in [1.82, 2.24) is 0 Å². The van der Waals surface area contributed by atoms with Gasteiger partial charge in [-0.25, -0.2) is 0 Å². The number of ether oxygens (including phenoxy) is 1. The van der Waals surface area contributed by atoms with Gasteiger partial charge in [0.25, 0.3) is 0 Å². The van der Waals surface area contributed by atoms with E-state index < -0.39 is 0 Å². The number of hydrogen-bond acceptors (Lipinski definition) is 2. The first kappa shape index (κ1) is 12.2. The molecule has 1 aromatic rings. The Kier molecular flexibility index (Phi) is 3.67. The van der Waals surface area contributed by atoms with Crippen LogP contribution in [0.4, 0.5) is 0 Å². The lowest BCUT2D eigenvalue weighted by atomic mass is 9.95. The van der Waals surface area contributed by atoms with Crippen LogP contribution < -0.4 is 0 Å². The van der Waals surface area contributed by atoms with Crippen LogP contribution in [0.25, 0.3) is 0 Å². The smallest absolute Gasteiger partial charge is 0.0824 e. The van der Waals surface area contributed by atoms with Gasteiger partial charge in [-0.15, -0.1) is 0 Å². The van der Waals surface area contributed by atoms with E-state index in [1.165, 1.54) is 31.2 Å². The highest BCUT2D eigenvalue weighted by Crippen LogP contribution is 2.38. The zero-order chi connectivity index (χ0) is 12.4. The van der Waals surface area contributed by atoms with Gasteiger partial charge in [0.2, 0.25) is 0 Å². The van der Waals surface area contributed by atoms with Crippen molar-refractivity contribution in [3.8, 4) is 0 Å². The van der Waals surface area contributed by atoms with E-state index in [2.05, 4.69) is 18.2 Å². The largest absolute Gasteiger partial charge is 0.388 e. The third-order valence-corrected chi connectivity index (χ3v) is 4.43. The highest BCUT2D eigenvalue weighted by atomic mass is 16.5. The molecule has 1 aliphatic heterocycles. The van der Waals surface area contributed by atoms with E-state index >= 15 is 0 Å². The van der Waals surface area contributed by atoms with Gasteiger partial charge in [-0.2, -0.15) is 0 Å². The standard InChI is InChI=1S/C16H22O2/c17-16-13(6-3-7-14-8-4-10-18-14)11-12-5-1-2-9-15(12)16/h1-2,5,9,13-14,16-17H,3-4,6-8,10-11H2. The predicted octanol–water partition coefficient (Wildman–Crippen LogP) is 3.24. The van der Waals surface area contributed by atoms with Gasteiger partial charge in [-0.3, -0.25) is 0 Å². The zero-order valence-corrected chi connectivity index (χ0v) is 10.8. The van der Waals surface area contributed by atoms with Crippen molar-refractivity contribution in [3.05, 3.63) is 35.4 Å². The number of benzene rings is 1. The van der Waals surface area contributed by atoms with Crippen molar-refractivity contribution in [2.24, 2.45) is 5.92 Å². The van der Waals surface area contributed by atoms with Crippen LogP contribution in [0.2, 0.25) is 0 Å². The number of aliphatic hydroxyl groups is 1. The van der Waals surface area contributed by atoms with Crippen molar-refractivity contribution < 1.29 is 9.84 Å². The molecule has 2 heteroatoms. The molecule has 0 spiro atoms. The Morgan fingerprint density at radius 3 is 2.89 bits per heavy atom. The average molecular weight is 246 g/mol. The summed E-state index contributed by atoms with van der Waals surface area (Å²) in [5.74, 6) is 0.420. The van der Waals surface area contributed by atoms with Crippen molar-refractivity contribution in [2.75, 3.05) is 6.61 Å². The molecule has 3 rings (SSSR count). The lowest BCUT2D eigenvalue weighted by Gasteiger charge is -2.16. The van der Waals surface area contributed by atoms with E-state index in [0.717, 1.165) is 25.0 Å². The number of rotatable bonds is 4. The maximum Gasteiger partial charge on any atom is 0.0824 e. The molecule has 0 amide bonds. The second-order valence-corrected chi connectivity index (χ2v) is 5.67. The van der Waals surface area contributed by atoms with Crippen LogP contribution in [0.1, 0.15) is 49.3 Å². The molecule has 18 heavy (non-hydrogen) atoms. The molecule has 1 fully saturated rings. The van der Waals surface area contributed by atoms with E-state index in [0.29, 0.717) is 12.0 Å². The molecule has 1 N–H and O–H groups in total. The normalized spacial score (nSPS) is 30.6. The highest BCUT2D eigenvalue weighted by Gasteiger charge is 2.30. The first-order valence-corrected chi connectivity index (χ1v) is 7.22. The fourth-order valence-electron chi connectivity index (χ4n) is 3.40. The second-order valence-electron chi connectivity index (χ2n) is 5.67. The number of hydrogen-bond donors (Lipinski definition) is 1. The highest BCUT2D eigenvalue weighted by molar-refractivity contribution is 5.34. The van der Waals surface area contributed by atoms with Crippen LogP contribution in [0.3, 0.4) is 0 Å². The summed E-state index contributed by atoms with van der Waals surface area (Å²) >= 11 is 0.